The summed E-state index contributed by atoms with van der Waals surface area (Å²) in [7, 11) is 3.27. The van der Waals surface area contributed by atoms with Gasteiger partial charge >= 0.3 is 0 Å². The van der Waals surface area contributed by atoms with Crippen molar-refractivity contribution in [3.05, 3.63) is 53.9 Å². The maximum Gasteiger partial charge on any atom is 0.253 e. The molecular weight excluding hydrogens is 350 g/mol. The van der Waals surface area contributed by atoms with Crippen molar-refractivity contribution in [2.24, 2.45) is 0 Å². The lowest BCUT2D eigenvalue weighted by Gasteiger charge is -2.13. The summed E-state index contributed by atoms with van der Waals surface area (Å²) in [4.78, 5) is 0. The first-order chi connectivity index (χ1) is 12.6. The van der Waals surface area contributed by atoms with Gasteiger partial charge in [0.25, 0.3) is 5.69 Å². The molecule has 0 spiro atoms. The zero-order valence-electron chi connectivity index (χ0n) is 15.3. The summed E-state index contributed by atoms with van der Waals surface area (Å²) in [5.41, 5.74) is 2.87. The van der Waals surface area contributed by atoms with Crippen LogP contribution in [0, 0.1) is 6.92 Å². The minimum Gasteiger partial charge on any atom is -0.502 e. The summed E-state index contributed by atoms with van der Waals surface area (Å²) in [6, 6.07) is 13.4. The molecule has 0 atom stereocenters. The lowest BCUT2D eigenvalue weighted by molar-refractivity contribution is -0.610. The molecule has 0 bridgehead atoms. The topological polar surface area (TPSA) is 42.6 Å². The molecule has 5 heteroatoms. The fourth-order valence-electron chi connectivity index (χ4n) is 3.36. The Morgan fingerprint density at radius 1 is 1.04 bits per heavy atom. The number of fused-ring (bicyclic) bond motifs is 1. The maximum atomic E-state index is 10.4. The van der Waals surface area contributed by atoms with Crippen LogP contribution in [-0.2, 0) is 6.42 Å². The molecule has 0 aliphatic rings. The quantitative estimate of drug-likeness (QED) is 0.517. The lowest BCUT2D eigenvalue weighted by Crippen LogP contribution is -2.39. The van der Waals surface area contributed by atoms with Gasteiger partial charge in [0.1, 0.15) is 0 Å². The number of hydrogen-bond donors (Lipinski definition) is 1. The van der Waals surface area contributed by atoms with Gasteiger partial charge < -0.3 is 14.6 Å². The van der Waals surface area contributed by atoms with Gasteiger partial charge in [0.15, 0.2) is 28.6 Å². The van der Waals surface area contributed by atoms with E-state index in [4.69, 9.17) is 21.1 Å². The van der Waals surface area contributed by atoms with Gasteiger partial charge in [-0.2, -0.15) is 4.57 Å². The van der Waals surface area contributed by atoms with E-state index in [1.165, 1.54) is 0 Å². The Morgan fingerprint density at radius 2 is 1.73 bits per heavy atom. The van der Waals surface area contributed by atoms with Crippen molar-refractivity contribution in [1.29, 1.82) is 0 Å². The van der Waals surface area contributed by atoms with Crippen LogP contribution in [0.3, 0.4) is 0 Å². The first-order valence-corrected chi connectivity index (χ1v) is 9.08. The third-order valence-electron chi connectivity index (χ3n) is 4.52. The number of rotatable bonds is 6. The Labute approximate surface area is 158 Å². The number of hydrogen-bond acceptors (Lipinski definition) is 3. The van der Waals surface area contributed by atoms with Gasteiger partial charge in [-0.1, -0.05) is 12.1 Å². The SMILES string of the molecule is COc1cc2cc(C)[n+](-c3ccccc3O)c(CCCCl)c2cc1OC. The van der Waals surface area contributed by atoms with E-state index in [-0.39, 0.29) is 5.75 Å². The predicted octanol–water partition coefficient (Wildman–Crippen LogP) is 4.32. The monoisotopic (exact) mass is 372 g/mol. The van der Waals surface area contributed by atoms with E-state index in [1.807, 2.05) is 37.3 Å². The number of para-hydroxylation sites is 2. The largest absolute Gasteiger partial charge is 0.502 e. The summed E-state index contributed by atoms with van der Waals surface area (Å²) in [6.45, 7) is 2.03. The maximum absolute atomic E-state index is 10.4. The number of alkyl halides is 1. The average Bonchev–Trinajstić information content (AvgIpc) is 2.65. The second-order valence-electron chi connectivity index (χ2n) is 6.14. The molecule has 26 heavy (non-hydrogen) atoms. The standard InChI is InChI=1S/C21H22ClNO3/c1-14-11-15-12-20(25-2)21(26-3)13-16(15)17(8-6-10-22)23(14)18-7-4-5-9-19(18)24/h4-5,7,9,11-13H,6,8,10H2,1-3H3/p+1. The van der Waals surface area contributed by atoms with Crippen molar-refractivity contribution in [3.63, 3.8) is 0 Å². The number of aromatic hydroxyl groups is 1. The number of phenols is 1. The smallest absolute Gasteiger partial charge is 0.253 e. The van der Waals surface area contributed by atoms with E-state index < -0.39 is 0 Å². The molecule has 1 N–H and O–H groups in total. The Hall–Kier alpha value is -2.46. The van der Waals surface area contributed by atoms with Crippen molar-refractivity contribution >= 4 is 22.4 Å². The molecule has 2 aromatic carbocycles. The van der Waals surface area contributed by atoms with Gasteiger partial charge in [-0.05, 0) is 30.0 Å². The van der Waals surface area contributed by atoms with Crippen LogP contribution >= 0.6 is 11.6 Å². The van der Waals surface area contributed by atoms with E-state index >= 15 is 0 Å². The van der Waals surface area contributed by atoms with Gasteiger partial charge in [-0.3, -0.25) is 0 Å². The van der Waals surface area contributed by atoms with Gasteiger partial charge in [0, 0.05) is 31.4 Å². The van der Waals surface area contributed by atoms with Gasteiger partial charge in [0.05, 0.1) is 19.6 Å². The van der Waals surface area contributed by atoms with E-state index in [0.717, 1.165) is 40.7 Å². The molecule has 0 saturated heterocycles. The second-order valence-corrected chi connectivity index (χ2v) is 6.52. The molecule has 0 radical (unpaired) electrons. The van der Waals surface area contributed by atoms with Crippen molar-refractivity contribution in [2.45, 2.75) is 19.8 Å². The van der Waals surface area contributed by atoms with E-state index in [1.54, 1.807) is 20.3 Å². The summed E-state index contributed by atoms with van der Waals surface area (Å²) in [6.07, 6.45) is 1.62. The highest BCUT2D eigenvalue weighted by Gasteiger charge is 2.24. The Kier molecular flexibility index (Phi) is 5.52. The van der Waals surface area contributed by atoms with Crippen LogP contribution < -0.4 is 14.0 Å². The number of aryl methyl sites for hydroxylation is 2. The van der Waals surface area contributed by atoms with Crippen molar-refractivity contribution in [2.75, 3.05) is 20.1 Å². The highest BCUT2D eigenvalue weighted by Crippen LogP contribution is 2.34. The minimum absolute atomic E-state index is 0.243. The molecule has 3 aromatic rings. The zero-order chi connectivity index (χ0) is 18.7. The average molecular weight is 373 g/mol. The van der Waals surface area contributed by atoms with Gasteiger partial charge in [-0.15, -0.1) is 11.6 Å². The third-order valence-corrected chi connectivity index (χ3v) is 4.79. The Bertz CT molecular complexity index is 940. The number of aromatic nitrogens is 1. The number of phenolic OH excluding ortho intramolecular Hbond substituents is 1. The second kappa shape index (κ2) is 7.83. The fourth-order valence-corrected chi connectivity index (χ4v) is 3.49. The minimum atomic E-state index is 0.243. The molecule has 0 fully saturated rings. The lowest BCUT2D eigenvalue weighted by atomic mass is 10.0. The fraction of sp³-hybridized carbons (Fsp3) is 0.286. The number of halogens is 1. The third kappa shape index (κ3) is 3.29. The summed E-state index contributed by atoms with van der Waals surface area (Å²) < 4.78 is 13.0. The normalized spacial score (nSPS) is 10.9. The van der Waals surface area contributed by atoms with Crippen LogP contribution in [0.25, 0.3) is 16.5 Å². The number of nitrogens with zero attached hydrogens (tertiary/aromatic N) is 1. The molecule has 3 rings (SSSR count). The first kappa shape index (κ1) is 18.3. The Morgan fingerprint density at radius 3 is 2.38 bits per heavy atom. The van der Waals surface area contributed by atoms with Crippen molar-refractivity contribution in [1.82, 2.24) is 0 Å². The van der Waals surface area contributed by atoms with Crippen LogP contribution in [-0.4, -0.2) is 25.2 Å². The van der Waals surface area contributed by atoms with Crippen LogP contribution in [0.5, 0.6) is 17.2 Å². The molecule has 4 nitrogen and oxygen atoms in total. The molecule has 136 valence electrons. The van der Waals surface area contributed by atoms with Crippen LogP contribution in [0.1, 0.15) is 17.8 Å². The highest BCUT2D eigenvalue weighted by atomic mass is 35.5. The molecule has 0 unspecified atom stereocenters. The molecule has 0 saturated carbocycles. The number of methoxy groups -OCH3 is 2. The first-order valence-electron chi connectivity index (χ1n) is 8.55. The number of pyridine rings is 1. The molecule has 0 amide bonds. The molecule has 0 aliphatic heterocycles. The van der Waals surface area contributed by atoms with E-state index in [0.29, 0.717) is 17.4 Å². The van der Waals surface area contributed by atoms with Gasteiger partial charge in [0.2, 0.25) is 0 Å². The summed E-state index contributed by atoms with van der Waals surface area (Å²) in [5, 5.41) is 12.5. The molecule has 1 aromatic heterocycles. The predicted molar refractivity (Wildman–Crippen MR) is 104 cm³/mol. The van der Waals surface area contributed by atoms with Crippen molar-refractivity contribution < 1.29 is 19.1 Å². The summed E-state index contributed by atoms with van der Waals surface area (Å²) >= 11 is 5.97. The summed E-state index contributed by atoms with van der Waals surface area (Å²) in [5.74, 6) is 2.19. The van der Waals surface area contributed by atoms with Crippen molar-refractivity contribution in [3.8, 4) is 22.9 Å². The van der Waals surface area contributed by atoms with Gasteiger partial charge in [-0.25, -0.2) is 0 Å². The molecule has 1 heterocycles. The van der Waals surface area contributed by atoms with Crippen LogP contribution in [0.4, 0.5) is 0 Å². The van der Waals surface area contributed by atoms with Crippen LogP contribution in [0.15, 0.2) is 42.5 Å². The Balaban J connectivity index is 2.36. The zero-order valence-corrected chi connectivity index (χ0v) is 16.0. The van der Waals surface area contributed by atoms with E-state index in [9.17, 15) is 5.11 Å². The molecular formula is C21H23ClNO3+. The number of benzene rings is 2. The van der Waals surface area contributed by atoms with E-state index in [2.05, 4.69) is 10.6 Å². The molecule has 0 aliphatic carbocycles. The number of ether oxygens (including phenoxy) is 2. The van der Waals surface area contributed by atoms with Crippen LogP contribution in [0.2, 0.25) is 0 Å². The highest BCUT2D eigenvalue weighted by molar-refractivity contribution is 6.17.